The predicted octanol–water partition coefficient (Wildman–Crippen LogP) is 2.02. The van der Waals surface area contributed by atoms with Crippen LogP contribution in [0, 0.1) is 5.92 Å². The second-order valence-corrected chi connectivity index (χ2v) is 7.21. The molecule has 124 valence electrons. The molecule has 4 rings (SSSR count). The van der Waals surface area contributed by atoms with Crippen LogP contribution in [0.2, 0.25) is 0 Å². The van der Waals surface area contributed by atoms with Crippen molar-refractivity contribution in [1.29, 1.82) is 0 Å². The molecule has 0 unspecified atom stereocenters. The minimum absolute atomic E-state index is 0.305. The van der Waals surface area contributed by atoms with E-state index in [9.17, 15) is 4.79 Å². The number of hydrogen-bond acceptors (Lipinski definition) is 4. The normalized spacial score (nSPS) is 23.0. The van der Waals surface area contributed by atoms with Crippen LogP contribution in [0.25, 0.3) is 0 Å². The van der Waals surface area contributed by atoms with Gasteiger partial charge in [-0.2, -0.15) is 0 Å². The minimum atomic E-state index is 0.305. The molecule has 5 heteroatoms. The van der Waals surface area contributed by atoms with Gasteiger partial charge in [-0.3, -0.25) is 4.79 Å². The summed E-state index contributed by atoms with van der Waals surface area (Å²) >= 11 is 0. The predicted molar refractivity (Wildman–Crippen MR) is 88.0 cm³/mol. The van der Waals surface area contributed by atoms with Gasteiger partial charge in [0.15, 0.2) is 0 Å². The lowest BCUT2D eigenvalue weighted by Crippen LogP contribution is -2.41. The fourth-order valence-electron chi connectivity index (χ4n) is 4.24. The molecule has 23 heavy (non-hydrogen) atoms. The van der Waals surface area contributed by atoms with Crippen LogP contribution in [0.15, 0.2) is 6.20 Å². The van der Waals surface area contributed by atoms with E-state index in [-0.39, 0.29) is 0 Å². The molecule has 1 saturated carbocycles. The lowest BCUT2D eigenvalue weighted by Gasteiger charge is -2.33. The minimum Gasteiger partial charge on any atom is -0.342 e. The number of fused-ring (bicyclic) bond motifs is 1. The van der Waals surface area contributed by atoms with Crippen molar-refractivity contribution in [2.75, 3.05) is 19.6 Å². The third kappa shape index (κ3) is 3.11. The van der Waals surface area contributed by atoms with Crippen LogP contribution in [-0.4, -0.2) is 40.4 Å². The molecule has 0 atom stereocenters. The molecule has 5 nitrogen and oxygen atoms in total. The smallest absolute Gasteiger partial charge is 0.225 e. The van der Waals surface area contributed by atoms with E-state index >= 15 is 0 Å². The summed E-state index contributed by atoms with van der Waals surface area (Å²) in [5.74, 6) is 2.12. The van der Waals surface area contributed by atoms with Crippen LogP contribution in [-0.2, 0) is 17.8 Å². The largest absolute Gasteiger partial charge is 0.342 e. The van der Waals surface area contributed by atoms with E-state index in [0.29, 0.717) is 17.7 Å². The maximum absolute atomic E-state index is 12.5. The van der Waals surface area contributed by atoms with E-state index in [2.05, 4.69) is 15.2 Å². The van der Waals surface area contributed by atoms with Crippen molar-refractivity contribution >= 4 is 5.91 Å². The zero-order valence-corrected chi connectivity index (χ0v) is 13.8. The Kier molecular flexibility index (Phi) is 4.29. The number of aromatic nitrogens is 2. The molecule has 1 amide bonds. The molecule has 0 aromatic carbocycles. The lowest BCUT2D eigenvalue weighted by atomic mass is 9.94. The number of carbonyl (C=O) groups excluding carboxylic acids is 1. The molecule has 2 fully saturated rings. The van der Waals surface area contributed by atoms with Crippen molar-refractivity contribution in [3.8, 4) is 0 Å². The van der Waals surface area contributed by atoms with E-state index in [1.165, 1.54) is 24.1 Å². The van der Waals surface area contributed by atoms with Crippen molar-refractivity contribution in [2.45, 2.75) is 57.4 Å². The van der Waals surface area contributed by atoms with Gasteiger partial charge in [0.25, 0.3) is 0 Å². The number of hydrogen-bond donors (Lipinski definition) is 1. The number of amides is 1. The molecule has 1 aliphatic carbocycles. The van der Waals surface area contributed by atoms with E-state index in [0.717, 1.165) is 64.1 Å². The first kappa shape index (κ1) is 15.1. The molecular weight excluding hydrogens is 288 g/mol. The Morgan fingerprint density at radius 1 is 1.17 bits per heavy atom. The highest BCUT2D eigenvalue weighted by Gasteiger charge is 2.31. The first-order valence-corrected chi connectivity index (χ1v) is 9.15. The van der Waals surface area contributed by atoms with Gasteiger partial charge in [0.1, 0.15) is 5.82 Å². The second kappa shape index (κ2) is 6.56. The van der Waals surface area contributed by atoms with Crippen molar-refractivity contribution in [3.05, 3.63) is 23.3 Å². The number of nitrogens with zero attached hydrogens (tertiary/aromatic N) is 3. The molecule has 3 heterocycles. The number of piperidine rings is 1. The molecule has 1 aromatic rings. The number of rotatable bonds is 2. The Bertz CT molecular complexity index is 574. The van der Waals surface area contributed by atoms with Crippen molar-refractivity contribution in [3.63, 3.8) is 0 Å². The highest BCUT2D eigenvalue weighted by molar-refractivity contribution is 5.79. The first-order chi connectivity index (χ1) is 11.3. The van der Waals surface area contributed by atoms with Crippen LogP contribution in [0.4, 0.5) is 0 Å². The quantitative estimate of drug-likeness (QED) is 0.907. The summed E-state index contributed by atoms with van der Waals surface area (Å²) in [6.45, 7) is 3.66. The number of carbonyl (C=O) groups is 1. The lowest BCUT2D eigenvalue weighted by molar-refractivity contribution is -0.136. The van der Waals surface area contributed by atoms with E-state index in [1.807, 2.05) is 6.20 Å². The number of likely N-dealkylation sites (tertiary alicyclic amines) is 1. The van der Waals surface area contributed by atoms with Crippen LogP contribution < -0.4 is 5.32 Å². The fraction of sp³-hybridized carbons (Fsp3) is 0.722. The summed E-state index contributed by atoms with van der Waals surface area (Å²) in [6.07, 6.45) is 9.67. The summed E-state index contributed by atoms with van der Waals surface area (Å²) in [4.78, 5) is 24.1. The summed E-state index contributed by atoms with van der Waals surface area (Å²) in [5, 5.41) is 3.36. The standard InChI is InChI=1S/C18H26N4O/c23-18(14-3-1-2-4-14)22-9-6-13(7-10-22)17-20-12-15-11-19-8-5-16(15)21-17/h12-14,19H,1-11H2. The highest BCUT2D eigenvalue weighted by Crippen LogP contribution is 2.31. The average molecular weight is 314 g/mol. The number of nitrogens with one attached hydrogen (secondary N) is 1. The third-order valence-corrected chi connectivity index (χ3v) is 5.70. The Balaban J connectivity index is 1.38. The summed E-state index contributed by atoms with van der Waals surface area (Å²) in [7, 11) is 0. The van der Waals surface area contributed by atoms with Gasteiger partial charge in [-0.1, -0.05) is 12.8 Å². The van der Waals surface area contributed by atoms with E-state index in [1.54, 1.807) is 0 Å². The van der Waals surface area contributed by atoms with Crippen LogP contribution >= 0.6 is 0 Å². The van der Waals surface area contributed by atoms with Crippen LogP contribution in [0.3, 0.4) is 0 Å². The second-order valence-electron chi connectivity index (χ2n) is 7.21. The Labute approximate surface area is 137 Å². The molecule has 0 spiro atoms. The third-order valence-electron chi connectivity index (χ3n) is 5.70. The van der Waals surface area contributed by atoms with Gasteiger partial charge in [-0.25, -0.2) is 9.97 Å². The summed E-state index contributed by atoms with van der Waals surface area (Å²) in [5.41, 5.74) is 2.46. The molecule has 1 N–H and O–H groups in total. The fourth-order valence-corrected chi connectivity index (χ4v) is 4.24. The van der Waals surface area contributed by atoms with Crippen LogP contribution in [0.1, 0.15) is 61.5 Å². The summed E-state index contributed by atoms with van der Waals surface area (Å²) in [6, 6.07) is 0. The average Bonchev–Trinajstić information content (AvgIpc) is 3.15. The van der Waals surface area contributed by atoms with Gasteiger partial charge >= 0.3 is 0 Å². The Morgan fingerprint density at radius 2 is 1.96 bits per heavy atom. The monoisotopic (exact) mass is 314 g/mol. The molecule has 0 bridgehead atoms. The molecule has 2 aliphatic heterocycles. The van der Waals surface area contributed by atoms with Crippen molar-refractivity contribution < 1.29 is 4.79 Å². The molecule has 0 radical (unpaired) electrons. The van der Waals surface area contributed by atoms with E-state index in [4.69, 9.17) is 4.98 Å². The SMILES string of the molecule is O=C(C1CCCC1)N1CCC(c2ncc3c(n2)CCNC3)CC1. The molecule has 3 aliphatic rings. The van der Waals surface area contributed by atoms with E-state index < -0.39 is 0 Å². The first-order valence-electron chi connectivity index (χ1n) is 9.15. The van der Waals surface area contributed by atoms with Gasteiger partial charge < -0.3 is 10.2 Å². The molecule has 1 saturated heterocycles. The highest BCUT2D eigenvalue weighted by atomic mass is 16.2. The van der Waals surface area contributed by atoms with Crippen molar-refractivity contribution in [1.82, 2.24) is 20.2 Å². The zero-order valence-electron chi connectivity index (χ0n) is 13.8. The molecule has 1 aromatic heterocycles. The topological polar surface area (TPSA) is 58.1 Å². The maximum Gasteiger partial charge on any atom is 0.225 e. The maximum atomic E-state index is 12.5. The zero-order chi connectivity index (χ0) is 15.6. The van der Waals surface area contributed by atoms with Gasteiger partial charge in [-0.05, 0) is 25.7 Å². The summed E-state index contributed by atoms with van der Waals surface area (Å²) < 4.78 is 0. The van der Waals surface area contributed by atoms with Crippen LogP contribution in [0.5, 0.6) is 0 Å². The van der Waals surface area contributed by atoms with Crippen molar-refractivity contribution in [2.24, 2.45) is 5.92 Å². The van der Waals surface area contributed by atoms with Gasteiger partial charge in [0.2, 0.25) is 5.91 Å². The Hall–Kier alpha value is -1.49. The van der Waals surface area contributed by atoms with Gasteiger partial charge in [-0.15, -0.1) is 0 Å². The van der Waals surface area contributed by atoms with Gasteiger partial charge in [0, 0.05) is 61.9 Å². The molecular formula is C18H26N4O. The van der Waals surface area contributed by atoms with Gasteiger partial charge in [0.05, 0.1) is 0 Å². The Morgan fingerprint density at radius 3 is 2.74 bits per heavy atom.